The van der Waals surface area contributed by atoms with Crippen molar-refractivity contribution in [1.29, 1.82) is 0 Å². The minimum absolute atomic E-state index is 0.311. The molecule has 0 saturated heterocycles. The van der Waals surface area contributed by atoms with Crippen LogP contribution in [0.3, 0.4) is 0 Å². The molecule has 156 valence electrons. The summed E-state index contributed by atoms with van der Waals surface area (Å²) in [7, 11) is 0. The number of aromatic nitrogens is 2. The molecule has 2 aromatic heterocycles. The highest BCUT2D eigenvalue weighted by Gasteiger charge is 2.16. The average Bonchev–Trinajstić information content (AvgIpc) is 3.44. The number of carbonyl (C=O) groups excluding carboxylic acids is 1. The fraction of sp³-hybridized carbons (Fsp3) is 0. The van der Waals surface area contributed by atoms with Gasteiger partial charge in [0.2, 0.25) is 0 Å². The minimum atomic E-state index is -0.311. The van der Waals surface area contributed by atoms with Gasteiger partial charge in [-0.3, -0.25) is 4.79 Å². The van der Waals surface area contributed by atoms with E-state index < -0.39 is 0 Å². The zero-order chi connectivity index (χ0) is 21.9. The Balaban J connectivity index is 1.50. The lowest BCUT2D eigenvalue weighted by atomic mass is 10.2. The summed E-state index contributed by atoms with van der Waals surface area (Å²) in [5, 5.41) is 9.88. The van der Waals surface area contributed by atoms with Crippen LogP contribution in [0.4, 0.5) is 0 Å². The number of fused-ring (bicyclic) bond motifs is 1. The molecule has 7 heteroatoms. The van der Waals surface area contributed by atoms with E-state index in [0.717, 1.165) is 16.7 Å². The van der Waals surface area contributed by atoms with E-state index in [-0.39, 0.29) is 5.91 Å². The number of hydrazone groups is 1. The van der Waals surface area contributed by atoms with Crippen LogP contribution in [0.1, 0.15) is 15.9 Å². The lowest BCUT2D eigenvalue weighted by Gasteiger charge is -2.01. The van der Waals surface area contributed by atoms with E-state index in [1.807, 2.05) is 79.0 Å². The Hall–Kier alpha value is -3.97. The number of benzene rings is 3. The fourth-order valence-electron chi connectivity index (χ4n) is 3.35. The molecule has 6 nitrogen and oxygen atoms in total. The number of amides is 1. The van der Waals surface area contributed by atoms with Crippen molar-refractivity contribution in [2.45, 2.75) is 0 Å². The van der Waals surface area contributed by atoms with Crippen molar-refractivity contribution < 1.29 is 9.21 Å². The molecular formula is C25H17BrN4O2. The van der Waals surface area contributed by atoms with Crippen LogP contribution >= 0.6 is 15.9 Å². The number of carbonyl (C=O) groups is 1. The van der Waals surface area contributed by atoms with Crippen LogP contribution in [0.5, 0.6) is 0 Å². The third-order valence-corrected chi connectivity index (χ3v) is 5.60. The van der Waals surface area contributed by atoms with Gasteiger partial charge in [-0.05, 0) is 52.3 Å². The molecule has 0 aliphatic heterocycles. The van der Waals surface area contributed by atoms with Crippen molar-refractivity contribution in [3.05, 3.63) is 107 Å². The van der Waals surface area contributed by atoms with Gasteiger partial charge in [-0.25, -0.2) is 10.1 Å². The number of nitrogens with one attached hydrogen (secondary N) is 1. The monoisotopic (exact) mass is 484 g/mol. The minimum Gasteiger partial charge on any atom is -0.454 e. The van der Waals surface area contributed by atoms with Crippen LogP contribution in [0, 0.1) is 0 Å². The highest BCUT2D eigenvalue weighted by atomic mass is 79.9. The predicted octanol–water partition coefficient (Wildman–Crippen LogP) is 5.81. The Morgan fingerprint density at radius 3 is 2.56 bits per heavy atom. The summed E-state index contributed by atoms with van der Waals surface area (Å²) in [5.41, 5.74) is 6.10. The van der Waals surface area contributed by atoms with Crippen molar-refractivity contribution >= 4 is 39.0 Å². The molecule has 0 saturated carbocycles. The Labute approximate surface area is 192 Å². The van der Waals surface area contributed by atoms with Gasteiger partial charge < -0.3 is 4.42 Å². The van der Waals surface area contributed by atoms with Crippen LogP contribution < -0.4 is 5.43 Å². The highest BCUT2D eigenvalue weighted by Crippen LogP contribution is 2.29. The molecular weight excluding hydrogens is 468 g/mol. The van der Waals surface area contributed by atoms with Gasteiger partial charge in [0, 0.05) is 21.6 Å². The maximum absolute atomic E-state index is 12.5. The predicted molar refractivity (Wildman–Crippen MR) is 128 cm³/mol. The molecule has 0 bridgehead atoms. The maximum Gasteiger partial charge on any atom is 0.272 e. The summed E-state index contributed by atoms with van der Waals surface area (Å²) in [5.74, 6) is 0.314. The first kappa shape index (κ1) is 20.0. The largest absolute Gasteiger partial charge is 0.454 e. The fourth-order valence-corrected chi connectivity index (χ4v) is 3.82. The zero-order valence-electron chi connectivity index (χ0n) is 16.8. The number of halogens is 1. The summed E-state index contributed by atoms with van der Waals surface area (Å²) in [6, 6.07) is 26.7. The topological polar surface area (TPSA) is 72.4 Å². The molecule has 0 atom stereocenters. The molecule has 0 spiro atoms. The summed E-state index contributed by atoms with van der Waals surface area (Å²) in [4.78, 5) is 12.5. The number of nitrogens with zero attached hydrogens (tertiary/aromatic N) is 3. The van der Waals surface area contributed by atoms with Crippen molar-refractivity contribution in [3.63, 3.8) is 0 Å². The van der Waals surface area contributed by atoms with Crippen LogP contribution in [0.25, 0.3) is 28.1 Å². The van der Waals surface area contributed by atoms with Gasteiger partial charge in [0.15, 0.2) is 5.76 Å². The number of furan rings is 1. The van der Waals surface area contributed by atoms with E-state index in [1.54, 1.807) is 23.0 Å². The molecule has 32 heavy (non-hydrogen) atoms. The molecule has 5 aromatic rings. The maximum atomic E-state index is 12.5. The first-order valence-corrected chi connectivity index (χ1v) is 10.7. The van der Waals surface area contributed by atoms with Crippen LogP contribution in [0.2, 0.25) is 0 Å². The van der Waals surface area contributed by atoms with Crippen LogP contribution in [0.15, 0.2) is 105 Å². The third-order valence-electron chi connectivity index (χ3n) is 4.91. The Morgan fingerprint density at radius 2 is 1.75 bits per heavy atom. The molecule has 0 radical (unpaired) electrons. The molecule has 3 aromatic carbocycles. The van der Waals surface area contributed by atoms with Gasteiger partial charge in [-0.15, -0.1) is 0 Å². The second-order valence-electron chi connectivity index (χ2n) is 7.04. The molecule has 0 aliphatic carbocycles. The van der Waals surface area contributed by atoms with Crippen molar-refractivity contribution in [2.24, 2.45) is 5.10 Å². The second-order valence-corrected chi connectivity index (χ2v) is 7.89. The van der Waals surface area contributed by atoms with Gasteiger partial charge in [0.05, 0.1) is 17.5 Å². The zero-order valence-corrected chi connectivity index (χ0v) is 18.4. The molecule has 2 heterocycles. The van der Waals surface area contributed by atoms with E-state index in [9.17, 15) is 4.79 Å². The van der Waals surface area contributed by atoms with E-state index in [1.165, 1.54) is 0 Å². The standard InChI is InChI=1S/C25H17BrN4O2/c26-21-12-6-5-11-20(21)25(31)28-27-15-18-16-30(19-9-2-1-3-10-19)29-24(18)23-14-17-8-4-7-13-22(17)32-23/h1-16H,(H,28,31)/b27-15+. The van der Waals surface area contributed by atoms with E-state index in [2.05, 4.69) is 26.5 Å². The summed E-state index contributed by atoms with van der Waals surface area (Å²) < 4.78 is 8.49. The number of hydrogen-bond donors (Lipinski definition) is 1. The van der Waals surface area contributed by atoms with Gasteiger partial charge in [-0.2, -0.15) is 10.2 Å². The SMILES string of the molecule is O=C(N/N=C/c1cn(-c2ccccc2)nc1-c1cc2ccccc2o1)c1ccccc1Br. The molecule has 0 aliphatic rings. The van der Waals surface area contributed by atoms with Gasteiger partial charge >= 0.3 is 0 Å². The normalized spacial score (nSPS) is 11.3. The average molecular weight is 485 g/mol. The number of rotatable bonds is 5. The van der Waals surface area contributed by atoms with Crippen LogP contribution in [-0.2, 0) is 0 Å². The molecule has 0 unspecified atom stereocenters. The lowest BCUT2D eigenvalue weighted by Crippen LogP contribution is -2.18. The first-order chi connectivity index (χ1) is 15.7. The highest BCUT2D eigenvalue weighted by molar-refractivity contribution is 9.10. The van der Waals surface area contributed by atoms with Crippen LogP contribution in [-0.4, -0.2) is 21.9 Å². The smallest absolute Gasteiger partial charge is 0.272 e. The van der Waals surface area contributed by atoms with Gasteiger partial charge in [0.25, 0.3) is 5.91 Å². The number of hydrogen-bond acceptors (Lipinski definition) is 4. The van der Waals surface area contributed by atoms with Crippen molar-refractivity contribution in [2.75, 3.05) is 0 Å². The lowest BCUT2D eigenvalue weighted by molar-refractivity contribution is 0.0954. The second kappa shape index (κ2) is 8.64. The molecule has 1 N–H and O–H groups in total. The molecule has 5 rings (SSSR count). The summed E-state index contributed by atoms with van der Waals surface area (Å²) in [6.45, 7) is 0. The summed E-state index contributed by atoms with van der Waals surface area (Å²) >= 11 is 3.38. The van der Waals surface area contributed by atoms with E-state index >= 15 is 0 Å². The van der Waals surface area contributed by atoms with E-state index in [4.69, 9.17) is 9.52 Å². The van der Waals surface area contributed by atoms with E-state index in [0.29, 0.717) is 27.1 Å². The molecule has 0 fully saturated rings. The van der Waals surface area contributed by atoms with Gasteiger partial charge in [-0.1, -0.05) is 48.5 Å². The Bertz CT molecular complexity index is 1400. The first-order valence-electron chi connectivity index (χ1n) is 9.91. The molecule has 1 amide bonds. The van der Waals surface area contributed by atoms with Crippen molar-refractivity contribution in [1.82, 2.24) is 15.2 Å². The summed E-state index contributed by atoms with van der Waals surface area (Å²) in [6.07, 6.45) is 3.43. The van der Waals surface area contributed by atoms with Gasteiger partial charge in [0.1, 0.15) is 11.3 Å². The van der Waals surface area contributed by atoms with Crippen molar-refractivity contribution in [3.8, 4) is 17.1 Å². The Morgan fingerprint density at radius 1 is 1.00 bits per heavy atom. The Kier molecular flexibility index (Phi) is 5.39. The number of para-hydroxylation sites is 2. The quantitative estimate of drug-likeness (QED) is 0.252. The third kappa shape index (κ3) is 3.98.